The van der Waals surface area contributed by atoms with Crippen LogP contribution in [-0.4, -0.2) is 24.6 Å². The Labute approximate surface area is 55.0 Å². The van der Waals surface area contributed by atoms with Gasteiger partial charge in [0.2, 0.25) is 0 Å². The van der Waals surface area contributed by atoms with Gasteiger partial charge in [-0.3, -0.25) is 5.01 Å². The van der Waals surface area contributed by atoms with Gasteiger partial charge in [-0.05, 0) is 0 Å². The summed E-state index contributed by atoms with van der Waals surface area (Å²) in [6.45, 7) is 5.16. The quantitative estimate of drug-likeness (QED) is 0.250. The lowest BCUT2D eigenvalue weighted by molar-refractivity contribution is 0.525. The SMILES string of the molecule is C=N/N=C(/CC)N(C)N. The van der Waals surface area contributed by atoms with Crippen molar-refractivity contribution in [3.8, 4) is 0 Å². The second-order valence-corrected chi connectivity index (χ2v) is 1.62. The Balaban J connectivity index is 3.96. The number of amidine groups is 1. The molecule has 0 aliphatic heterocycles. The minimum absolute atomic E-state index is 0.727. The summed E-state index contributed by atoms with van der Waals surface area (Å²) in [7, 11) is 1.72. The van der Waals surface area contributed by atoms with E-state index in [0.717, 1.165) is 12.3 Å². The molecule has 4 nitrogen and oxygen atoms in total. The van der Waals surface area contributed by atoms with Gasteiger partial charge < -0.3 is 0 Å². The Hall–Kier alpha value is -0.900. The zero-order valence-corrected chi connectivity index (χ0v) is 5.83. The fraction of sp³-hybridized carbons (Fsp3) is 0.600. The summed E-state index contributed by atoms with van der Waals surface area (Å²) < 4.78 is 0. The number of rotatable bonds is 2. The van der Waals surface area contributed by atoms with E-state index in [-0.39, 0.29) is 0 Å². The molecule has 0 atom stereocenters. The van der Waals surface area contributed by atoms with Gasteiger partial charge in [-0.1, -0.05) is 6.92 Å². The first-order chi connectivity index (χ1) is 4.22. The van der Waals surface area contributed by atoms with Crippen LogP contribution in [0.5, 0.6) is 0 Å². The third kappa shape index (κ3) is 2.81. The molecule has 0 spiro atoms. The van der Waals surface area contributed by atoms with Crippen LogP contribution in [0.2, 0.25) is 0 Å². The highest BCUT2D eigenvalue weighted by Crippen LogP contribution is 1.86. The lowest BCUT2D eigenvalue weighted by atomic mass is 10.4. The first kappa shape index (κ1) is 8.10. The Morgan fingerprint density at radius 1 is 1.78 bits per heavy atom. The molecule has 2 N–H and O–H groups in total. The van der Waals surface area contributed by atoms with Gasteiger partial charge in [-0.15, -0.1) is 5.10 Å². The van der Waals surface area contributed by atoms with E-state index in [2.05, 4.69) is 16.9 Å². The molecule has 0 aliphatic carbocycles. The van der Waals surface area contributed by atoms with Crippen molar-refractivity contribution in [2.24, 2.45) is 16.0 Å². The van der Waals surface area contributed by atoms with Crippen molar-refractivity contribution in [1.82, 2.24) is 5.01 Å². The number of hydrogen-bond acceptors (Lipinski definition) is 3. The highest BCUT2D eigenvalue weighted by Gasteiger charge is 1.95. The summed E-state index contributed by atoms with van der Waals surface area (Å²) in [6, 6.07) is 0. The Kier molecular flexibility index (Phi) is 3.62. The van der Waals surface area contributed by atoms with Crippen molar-refractivity contribution in [2.45, 2.75) is 13.3 Å². The van der Waals surface area contributed by atoms with Crippen molar-refractivity contribution in [3.05, 3.63) is 0 Å². The molecule has 0 unspecified atom stereocenters. The summed E-state index contributed by atoms with van der Waals surface area (Å²) in [5, 5.41) is 8.44. The zero-order valence-electron chi connectivity index (χ0n) is 5.83. The van der Waals surface area contributed by atoms with Gasteiger partial charge in [0.25, 0.3) is 0 Å². The van der Waals surface area contributed by atoms with Gasteiger partial charge in [-0.2, -0.15) is 5.10 Å². The third-order valence-corrected chi connectivity index (χ3v) is 0.910. The number of nitrogens with two attached hydrogens (primary N) is 1. The molecular weight excluding hydrogens is 116 g/mol. The van der Waals surface area contributed by atoms with E-state index in [4.69, 9.17) is 5.84 Å². The molecule has 0 radical (unpaired) electrons. The highest BCUT2D eigenvalue weighted by atomic mass is 15.4. The summed E-state index contributed by atoms with van der Waals surface area (Å²) in [5.74, 6) is 6.07. The molecule has 0 amide bonds. The fourth-order valence-electron chi connectivity index (χ4n) is 0.472. The van der Waals surface area contributed by atoms with Crippen LogP contribution in [0.4, 0.5) is 0 Å². The van der Waals surface area contributed by atoms with Crippen molar-refractivity contribution < 1.29 is 0 Å². The molecule has 0 aromatic heterocycles. The average Bonchev–Trinajstić information content (AvgIpc) is 1.82. The lowest BCUT2D eigenvalue weighted by Gasteiger charge is -2.10. The summed E-state index contributed by atoms with van der Waals surface area (Å²) >= 11 is 0. The van der Waals surface area contributed by atoms with Crippen LogP contribution in [0, 0.1) is 0 Å². The van der Waals surface area contributed by atoms with E-state index in [9.17, 15) is 0 Å². The van der Waals surface area contributed by atoms with Crippen molar-refractivity contribution in [2.75, 3.05) is 7.05 Å². The third-order valence-electron chi connectivity index (χ3n) is 0.910. The van der Waals surface area contributed by atoms with Crippen LogP contribution in [0.3, 0.4) is 0 Å². The predicted molar refractivity (Wildman–Crippen MR) is 39.2 cm³/mol. The molecule has 0 aliphatic rings. The van der Waals surface area contributed by atoms with E-state index in [1.165, 1.54) is 5.01 Å². The molecule has 9 heavy (non-hydrogen) atoms. The van der Waals surface area contributed by atoms with Crippen molar-refractivity contribution in [1.29, 1.82) is 0 Å². The van der Waals surface area contributed by atoms with E-state index in [1.54, 1.807) is 7.05 Å². The van der Waals surface area contributed by atoms with Gasteiger partial charge in [-0.25, -0.2) is 5.84 Å². The Morgan fingerprint density at radius 3 is 2.44 bits per heavy atom. The molecule has 0 aromatic rings. The molecule has 0 saturated heterocycles. The first-order valence-corrected chi connectivity index (χ1v) is 2.73. The standard InChI is InChI=1S/C5H12N4/c1-4-5(8-7-2)9(3)6/h2,4,6H2,1,3H3/b8-5-. The lowest BCUT2D eigenvalue weighted by Crippen LogP contribution is -2.32. The zero-order chi connectivity index (χ0) is 7.28. The molecule has 0 fully saturated rings. The molecular formula is C5H12N4. The van der Waals surface area contributed by atoms with Crippen LogP contribution < -0.4 is 5.84 Å². The van der Waals surface area contributed by atoms with Gasteiger partial charge in [0.05, 0.1) is 0 Å². The monoisotopic (exact) mass is 128 g/mol. The minimum atomic E-state index is 0.727. The van der Waals surface area contributed by atoms with Gasteiger partial charge in [0.1, 0.15) is 5.84 Å². The van der Waals surface area contributed by atoms with Crippen molar-refractivity contribution >= 4 is 12.6 Å². The highest BCUT2D eigenvalue weighted by molar-refractivity contribution is 5.81. The average molecular weight is 128 g/mol. The largest absolute Gasteiger partial charge is 0.300 e. The molecule has 4 heteroatoms. The number of hydrogen-bond donors (Lipinski definition) is 1. The van der Waals surface area contributed by atoms with Gasteiger partial charge in [0.15, 0.2) is 0 Å². The first-order valence-electron chi connectivity index (χ1n) is 2.73. The maximum atomic E-state index is 5.35. The topological polar surface area (TPSA) is 54.0 Å². The normalized spacial score (nSPS) is 11.2. The molecule has 0 rings (SSSR count). The van der Waals surface area contributed by atoms with Crippen LogP contribution in [0.25, 0.3) is 0 Å². The van der Waals surface area contributed by atoms with E-state index in [0.29, 0.717) is 0 Å². The molecule has 52 valence electrons. The Morgan fingerprint density at radius 2 is 2.33 bits per heavy atom. The summed E-state index contributed by atoms with van der Waals surface area (Å²) in [6.07, 6.45) is 0.770. The number of hydrazine groups is 1. The number of nitrogens with zero attached hydrogens (tertiary/aromatic N) is 3. The maximum absolute atomic E-state index is 5.35. The molecule has 0 bridgehead atoms. The predicted octanol–water partition coefficient (Wildman–Crippen LogP) is 0.216. The molecule has 0 saturated carbocycles. The van der Waals surface area contributed by atoms with Gasteiger partial charge in [0, 0.05) is 20.2 Å². The van der Waals surface area contributed by atoms with Gasteiger partial charge >= 0.3 is 0 Å². The minimum Gasteiger partial charge on any atom is -0.300 e. The smallest absolute Gasteiger partial charge is 0.140 e. The second-order valence-electron chi connectivity index (χ2n) is 1.62. The second kappa shape index (κ2) is 4.03. The maximum Gasteiger partial charge on any atom is 0.140 e. The van der Waals surface area contributed by atoms with E-state index in [1.807, 2.05) is 6.92 Å². The van der Waals surface area contributed by atoms with E-state index < -0.39 is 0 Å². The van der Waals surface area contributed by atoms with Crippen LogP contribution in [-0.2, 0) is 0 Å². The van der Waals surface area contributed by atoms with Crippen LogP contribution >= 0.6 is 0 Å². The molecule has 0 aromatic carbocycles. The summed E-state index contributed by atoms with van der Waals surface area (Å²) in [4.78, 5) is 0. The molecule has 0 heterocycles. The Bertz CT molecular complexity index is 116. The van der Waals surface area contributed by atoms with Crippen molar-refractivity contribution in [3.63, 3.8) is 0 Å². The van der Waals surface area contributed by atoms with Crippen LogP contribution in [0.15, 0.2) is 10.2 Å². The van der Waals surface area contributed by atoms with E-state index >= 15 is 0 Å². The van der Waals surface area contributed by atoms with Crippen LogP contribution in [0.1, 0.15) is 13.3 Å². The fourth-order valence-corrected chi connectivity index (χ4v) is 0.472. The summed E-state index contributed by atoms with van der Waals surface area (Å²) in [5.41, 5.74) is 0.